The number of hydrogen-bond donors (Lipinski definition) is 1. The summed E-state index contributed by atoms with van der Waals surface area (Å²) in [7, 11) is 0. The summed E-state index contributed by atoms with van der Waals surface area (Å²) < 4.78 is 6.97. The van der Waals surface area contributed by atoms with Crippen LogP contribution < -0.4 is 5.32 Å². The Bertz CT molecular complexity index is 958. The average Bonchev–Trinajstić information content (AvgIpc) is 3.15. The van der Waals surface area contributed by atoms with E-state index in [9.17, 15) is 9.59 Å². The van der Waals surface area contributed by atoms with Crippen molar-refractivity contribution in [1.82, 2.24) is 9.88 Å². The second-order valence-corrected chi connectivity index (χ2v) is 10.8. The molecule has 4 aliphatic carbocycles. The van der Waals surface area contributed by atoms with Gasteiger partial charge >= 0.3 is 6.09 Å². The van der Waals surface area contributed by atoms with E-state index < -0.39 is 11.7 Å². The Morgan fingerprint density at radius 1 is 0.935 bits per heavy atom. The van der Waals surface area contributed by atoms with Crippen molar-refractivity contribution in [2.24, 2.45) is 23.7 Å². The summed E-state index contributed by atoms with van der Waals surface area (Å²) >= 11 is 0. The molecule has 2 aromatic rings. The van der Waals surface area contributed by atoms with Crippen LogP contribution >= 0.6 is 0 Å². The molecule has 0 spiro atoms. The summed E-state index contributed by atoms with van der Waals surface area (Å²) in [4.78, 5) is 26.4. The van der Waals surface area contributed by atoms with Gasteiger partial charge in [0.2, 0.25) is 0 Å². The van der Waals surface area contributed by atoms with Crippen molar-refractivity contribution >= 4 is 12.0 Å². The number of carbonyl (C=O) groups is 2. The standard InChI is InChI=1S/C26H32N2O3/c1-26(2,3)31-25(30)28-15-21(18-7-5-4-6-8-18)14-22(28)24(29)27-23-19-10-16-9-17(12-19)13-20(23)11-16/h4-8,14-17,19-20,23H,9-13H2,1-3H3,(H,27,29). The molecule has 0 unspecified atom stereocenters. The van der Waals surface area contributed by atoms with Gasteiger partial charge in [0.1, 0.15) is 11.3 Å². The molecule has 1 amide bonds. The van der Waals surface area contributed by atoms with Gasteiger partial charge in [0.05, 0.1) is 0 Å². The third-order valence-corrected chi connectivity index (χ3v) is 7.27. The van der Waals surface area contributed by atoms with E-state index in [1.807, 2.05) is 57.2 Å². The van der Waals surface area contributed by atoms with E-state index in [1.54, 1.807) is 6.20 Å². The molecule has 5 nitrogen and oxygen atoms in total. The summed E-state index contributed by atoms with van der Waals surface area (Å²) in [6, 6.07) is 11.9. The molecule has 1 N–H and O–H groups in total. The largest absolute Gasteiger partial charge is 0.443 e. The van der Waals surface area contributed by atoms with Crippen LogP contribution in [0.2, 0.25) is 0 Å². The molecule has 1 aromatic heterocycles. The highest BCUT2D eigenvalue weighted by Gasteiger charge is 2.48. The minimum Gasteiger partial charge on any atom is -0.443 e. The Balaban J connectivity index is 1.43. The third kappa shape index (κ3) is 4.02. The molecule has 164 valence electrons. The van der Waals surface area contributed by atoms with Crippen LogP contribution in [-0.2, 0) is 4.74 Å². The number of rotatable bonds is 3. The highest BCUT2D eigenvalue weighted by molar-refractivity contribution is 5.98. The van der Waals surface area contributed by atoms with Gasteiger partial charge in [-0.05, 0) is 88.2 Å². The molecular weight excluding hydrogens is 388 g/mol. The van der Waals surface area contributed by atoms with Gasteiger partial charge in [0.25, 0.3) is 5.91 Å². The zero-order chi connectivity index (χ0) is 21.8. The Morgan fingerprint density at radius 3 is 2.13 bits per heavy atom. The van der Waals surface area contributed by atoms with Gasteiger partial charge in [-0.1, -0.05) is 30.3 Å². The highest BCUT2D eigenvalue weighted by atomic mass is 16.6. The lowest BCUT2D eigenvalue weighted by molar-refractivity contribution is -0.0121. The molecule has 0 aliphatic heterocycles. The van der Waals surface area contributed by atoms with Crippen LogP contribution in [0.15, 0.2) is 42.6 Å². The molecule has 5 heteroatoms. The molecule has 0 saturated heterocycles. The molecule has 4 fully saturated rings. The van der Waals surface area contributed by atoms with Gasteiger partial charge in [-0.15, -0.1) is 0 Å². The molecule has 6 rings (SSSR count). The SMILES string of the molecule is CC(C)(C)OC(=O)n1cc(-c2ccccc2)cc1C(=O)NC1C2CC3CC(C2)CC1C3. The summed E-state index contributed by atoms with van der Waals surface area (Å²) in [5, 5.41) is 3.33. The lowest BCUT2D eigenvalue weighted by Gasteiger charge is -2.54. The third-order valence-electron chi connectivity index (χ3n) is 7.27. The molecule has 4 aliphatic rings. The monoisotopic (exact) mass is 420 g/mol. The van der Waals surface area contributed by atoms with Gasteiger partial charge in [-0.25, -0.2) is 9.36 Å². The molecule has 4 bridgehead atoms. The molecule has 1 heterocycles. The van der Waals surface area contributed by atoms with Crippen LogP contribution in [0.25, 0.3) is 11.1 Å². The van der Waals surface area contributed by atoms with Crippen molar-refractivity contribution < 1.29 is 14.3 Å². The lowest BCUT2D eigenvalue weighted by atomic mass is 9.54. The molecule has 31 heavy (non-hydrogen) atoms. The van der Waals surface area contributed by atoms with Crippen molar-refractivity contribution in [3.8, 4) is 11.1 Å². The summed E-state index contributed by atoms with van der Waals surface area (Å²) in [5.74, 6) is 2.69. The molecular formula is C26H32N2O3. The zero-order valence-corrected chi connectivity index (χ0v) is 18.6. The Hall–Kier alpha value is -2.56. The maximum absolute atomic E-state index is 13.4. The first-order valence-corrected chi connectivity index (χ1v) is 11.6. The minimum atomic E-state index is -0.635. The first kappa shape index (κ1) is 20.3. The quantitative estimate of drug-likeness (QED) is 0.714. The second-order valence-electron chi connectivity index (χ2n) is 10.8. The highest BCUT2D eigenvalue weighted by Crippen LogP contribution is 2.53. The number of ether oxygens (including phenoxy) is 1. The first-order chi connectivity index (χ1) is 14.8. The molecule has 0 atom stereocenters. The van der Waals surface area contributed by atoms with Gasteiger partial charge < -0.3 is 10.1 Å². The molecule has 4 saturated carbocycles. The number of carbonyl (C=O) groups excluding carboxylic acids is 2. The zero-order valence-electron chi connectivity index (χ0n) is 18.6. The van der Waals surface area contributed by atoms with Crippen molar-refractivity contribution in [3.05, 3.63) is 48.3 Å². The summed E-state index contributed by atoms with van der Waals surface area (Å²) in [6.07, 6.45) is 7.52. The Kier molecular flexibility index (Phi) is 4.95. The van der Waals surface area contributed by atoms with Crippen molar-refractivity contribution in [3.63, 3.8) is 0 Å². The van der Waals surface area contributed by atoms with Crippen molar-refractivity contribution in [2.75, 3.05) is 0 Å². The van der Waals surface area contributed by atoms with E-state index in [4.69, 9.17) is 4.74 Å². The van der Waals surface area contributed by atoms with Gasteiger partial charge in [0.15, 0.2) is 0 Å². The maximum atomic E-state index is 13.4. The van der Waals surface area contributed by atoms with E-state index in [1.165, 1.54) is 36.7 Å². The smallest absolute Gasteiger partial charge is 0.419 e. The van der Waals surface area contributed by atoms with E-state index in [0.717, 1.165) is 23.0 Å². The predicted molar refractivity (Wildman–Crippen MR) is 120 cm³/mol. The van der Waals surface area contributed by atoms with Crippen molar-refractivity contribution in [2.45, 2.75) is 64.5 Å². The Morgan fingerprint density at radius 2 is 1.55 bits per heavy atom. The lowest BCUT2D eigenvalue weighted by Crippen LogP contribution is -2.56. The predicted octanol–water partition coefficient (Wildman–Crippen LogP) is 5.49. The van der Waals surface area contributed by atoms with Crippen LogP contribution in [0, 0.1) is 23.7 Å². The number of benzene rings is 1. The number of nitrogens with zero attached hydrogens (tertiary/aromatic N) is 1. The van der Waals surface area contributed by atoms with Crippen molar-refractivity contribution in [1.29, 1.82) is 0 Å². The van der Waals surface area contributed by atoms with Gasteiger partial charge in [-0.3, -0.25) is 4.79 Å². The maximum Gasteiger partial charge on any atom is 0.419 e. The average molecular weight is 421 g/mol. The van der Waals surface area contributed by atoms with Crippen LogP contribution in [0.5, 0.6) is 0 Å². The number of nitrogens with one attached hydrogen (secondary N) is 1. The van der Waals surface area contributed by atoms with Crippen LogP contribution in [0.4, 0.5) is 4.79 Å². The van der Waals surface area contributed by atoms with E-state index in [2.05, 4.69) is 5.32 Å². The van der Waals surface area contributed by atoms with E-state index in [0.29, 0.717) is 17.5 Å². The molecule has 0 radical (unpaired) electrons. The number of hydrogen-bond acceptors (Lipinski definition) is 3. The summed E-state index contributed by atoms with van der Waals surface area (Å²) in [5.41, 5.74) is 1.51. The first-order valence-electron chi connectivity index (χ1n) is 11.6. The van der Waals surface area contributed by atoms with Crippen LogP contribution in [-0.4, -0.2) is 28.2 Å². The second kappa shape index (κ2) is 7.54. The van der Waals surface area contributed by atoms with E-state index >= 15 is 0 Å². The van der Waals surface area contributed by atoms with Gasteiger partial charge in [-0.2, -0.15) is 0 Å². The number of amides is 1. The number of aromatic nitrogens is 1. The summed E-state index contributed by atoms with van der Waals surface area (Å²) in [6.45, 7) is 5.50. The fourth-order valence-corrected chi connectivity index (χ4v) is 6.27. The normalized spacial score (nSPS) is 29.1. The minimum absolute atomic E-state index is 0.175. The fraction of sp³-hybridized carbons (Fsp3) is 0.538. The van der Waals surface area contributed by atoms with Gasteiger partial charge in [0, 0.05) is 17.8 Å². The van der Waals surface area contributed by atoms with Crippen LogP contribution in [0.3, 0.4) is 0 Å². The van der Waals surface area contributed by atoms with E-state index in [-0.39, 0.29) is 11.9 Å². The topological polar surface area (TPSA) is 60.3 Å². The Labute approximate surface area is 184 Å². The fourth-order valence-electron chi connectivity index (χ4n) is 6.27. The van der Waals surface area contributed by atoms with Crippen LogP contribution in [0.1, 0.15) is 63.4 Å². The molecule has 1 aromatic carbocycles.